The van der Waals surface area contributed by atoms with E-state index in [9.17, 15) is 0 Å². The Morgan fingerprint density at radius 2 is 2.06 bits per heavy atom. The lowest BCUT2D eigenvalue weighted by molar-refractivity contribution is 0.995. The molecule has 5 nitrogen and oxygen atoms in total. The molecule has 84 valence electrons. The number of nitrogen functional groups attached to an aromatic ring is 2. The Hall–Kier alpha value is -2.13. The van der Waals surface area contributed by atoms with Crippen LogP contribution in [0.5, 0.6) is 0 Å². The van der Waals surface area contributed by atoms with Gasteiger partial charge in [-0.2, -0.15) is 0 Å². The second kappa shape index (κ2) is 5.68. The summed E-state index contributed by atoms with van der Waals surface area (Å²) in [7, 11) is 0. The first-order valence-corrected chi connectivity index (χ1v) is 4.98. The van der Waals surface area contributed by atoms with Crippen molar-refractivity contribution in [1.82, 2.24) is 0 Å². The molecule has 0 aromatic heterocycles. The zero-order valence-corrected chi connectivity index (χ0v) is 9.22. The van der Waals surface area contributed by atoms with E-state index in [1.165, 1.54) is 0 Å². The summed E-state index contributed by atoms with van der Waals surface area (Å²) in [5, 5.41) is 3.44. The zero-order valence-electron chi connectivity index (χ0n) is 9.22. The van der Waals surface area contributed by atoms with Crippen LogP contribution in [0.1, 0.15) is 17.5 Å². The number of benzene rings is 1. The largest absolute Gasteiger partial charge is 0.397 e. The van der Waals surface area contributed by atoms with Crippen molar-refractivity contribution in [1.29, 1.82) is 0 Å². The first-order chi connectivity index (χ1) is 7.65. The first-order valence-electron chi connectivity index (χ1n) is 4.98. The number of aryl methyl sites for hydroxylation is 1. The molecule has 1 aromatic carbocycles. The lowest BCUT2D eigenvalue weighted by Gasteiger charge is -2.05. The van der Waals surface area contributed by atoms with Crippen molar-refractivity contribution < 1.29 is 0 Å². The Balaban J connectivity index is 2.73. The molecule has 5 heteroatoms. The van der Waals surface area contributed by atoms with E-state index < -0.39 is 0 Å². The second-order valence-electron chi connectivity index (χ2n) is 3.48. The Morgan fingerprint density at radius 3 is 2.75 bits per heavy atom. The number of hydrogen-bond donors (Lipinski definition) is 2. The molecule has 4 N–H and O–H groups in total. The molecular formula is C11H15N5. The van der Waals surface area contributed by atoms with Crippen LogP contribution in [0.25, 0.3) is 16.5 Å². The molecule has 0 amide bonds. The van der Waals surface area contributed by atoms with Crippen LogP contribution in [0.4, 0.5) is 11.4 Å². The highest BCUT2D eigenvalue weighted by atomic mass is 15.1. The molecule has 0 fully saturated rings. The van der Waals surface area contributed by atoms with Crippen molar-refractivity contribution in [2.75, 3.05) is 18.0 Å². The summed E-state index contributed by atoms with van der Waals surface area (Å²) in [6, 6.07) is 3.69. The molecule has 0 heterocycles. The number of nitrogens with two attached hydrogens (primary N) is 2. The first kappa shape index (κ1) is 11.9. The van der Waals surface area contributed by atoms with Crippen molar-refractivity contribution in [2.24, 2.45) is 5.11 Å². The lowest BCUT2D eigenvalue weighted by Crippen LogP contribution is -1.96. The van der Waals surface area contributed by atoms with E-state index in [-0.39, 0.29) is 0 Å². The van der Waals surface area contributed by atoms with E-state index in [1.54, 1.807) is 0 Å². The van der Waals surface area contributed by atoms with Crippen LogP contribution in [-0.4, -0.2) is 6.54 Å². The minimum Gasteiger partial charge on any atom is -0.397 e. The highest BCUT2D eigenvalue weighted by Crippen LogP contribution is 2.21. The third kappa shape index (κ3) is 3.22. The fraction of sp³-hybridized carbons (Fsp3) is 0.273. The van der Waals surface area contributed by atoms with E-state index in [0.717, 1.165) is 11.1 Å². The Bertz CT molecular complexity index is 444. The topological polar surface area (TPSA) is 101 Å². The third-order valence-electron chi connectivity index (χ3n) is 2.23. The third-order valence-corrected chi connectivity index (χ3v) is 2.23. The fourth-order valence-corrected chi connectivity index (χ4v) is 1.33. The van der Waals surface area contributed by atoms with Crippen molar-refractivity contribution in [3.05, 3.63) is 39.8 Å². The summed E-state index contributed by atoms with van der Waals surface area (Å²) in [4.78, 5) is 2.68. The van der Waals surface area contributed by atoms with Crippen molar-refractivity contribution in [3.63, 3.8) is 0 Å². The van der Waals surface area contributed by atoms with Crippen LogP contribution in [0, 0.1) is 6.92 Å². The van der Waals surface area contributed by atoms with Gasteiger partial charge in [0.05, 0.1) is 11.4 Å². The molecule has 1 rings (SSSR count). The summed E-state index contributed by atoms with van der Waals surface area (Å²) >= 11 is 0. The molecule has 0 aliphatic rings. The Labute approximate surface area is 94.4 Å². The van der Waals surface area contributed by atoms with Gasteiger partial charge >= 0.3 is 0 Å². The summed E-state index contributed by atoms with van der Waals surface area (Å²) in [5.74, 6) is 0. The van der Waals surface area contributed by atoms with Crippen molar-refractivity contribution in [2.45, 2.75) is 13.3 Å². The predicted octanol–water partition coefficient (Wildman–Crippen LogP) is 2.87. The van der Waals surface area contributed by atoms with Crippen LogP contribution >= 0.6 is 0 Å². The second-order valence-corrected chi connectivity index (χ2v) is 3.48. The van der Waals surface area contributed by atoms with E-state index in [0.29, 0.717) is 24.3 Å². The van der Waals surface area contributed by atoms with Crippen molar-refractivity contribution in [3.8, 4) is 0 Å². The van der Waals surface area contributed by atoms with Crippen LogP contribution in [-0.2, 0) is 0 Å². The molecule has 0 unspecified atom stereocenters. The number of azide groups is 1. The number of nitrogens with zero attached hydrogens (tertiary/aromatic N) is 3. The number of hydrogen-bond acceptors (Lipinski definition) is 3. The molecule has 0 aliphatic carbocycles. The van der Waals surface area contributed by atoms with Crippen LogP contribution in [0.2, 0.25) is 0 Å². The Kier molecular flexibility index (Phi) is 4.24. The summed E-state index contributed by atoms with van der Waals surface area (Å²) < 4.78 is 0. The monoisotopic (exact) mass is 217 g/mol. The lowest BCUT2D eigenvalue weighted by atomic mass is 10.1. The average Bonchev–Trinajstić information content (AvgIpc) is 2.25. The highest BCUT2D eigenvalue weighted by Gasteiger charge is 1.99. The summed E-state index contributed by atoms with van der Waals surface area (Å²) in [5.41, 5.74) is 22.8. The molecule has 1 aromatic rings. The van der Waals surface area contributed by atoms with E-state index >= 15 is 0 Å². The van der Waals surface area contributed by atoms with E-state index in [4.69, 9.17) is 17.0 Å². The molecule has 16 heavy (non-hydrogen) atoms. The summed E-state index contributed by atoms with van der Waals surface area (Å²) in [6.07, 6.45) is 4.62. The van der Waals surface area contributed by atoms with Gasteiger partial charge in [0.2, 0.25) is 0 Å². The molecule has 0 bridgehead atoms. The van der Waals surface area contributed by atoms with Gasteiger partial charge in [-0.15, -0.1) is 0 Å². The fourth-order valence-electron chi connectivity index (χ4n) is 1.33. The standard InChI is InChI=1S/C11H15N5/c1-8-6-10(12)11(13)7-9(8)4-2-3-5-15-16-14/h2,4,6-7H,3,5,12-13H2,1H3. The van der Waals surface area contributed by atoms with Gasteiger partial charge < -0.3 is 11.5 Å². The predicted molar refractivity (Wildman–Crippen MR) is 67.7 cm³/mol. The SMILES string of the molecule is Cc1cc(N)c(N)cc1C=CCCN=[N+]=[N-]. The van der Waals surface area contributed by atoms with Crippen LogP contribution in [0.15, 0.2) is 23.3 Å². The molecule has 0 saturated carbocycles. The number of anilines is 2. The molecule has 0 atom stereocenters. The smallest absolute Gasteiger partial charge is 0.0553 e. The molecular weight excluding hydrogens is 202 g/mol. The average molecular weight is 217 g/mol. The van der Waals surface area contributed by atoms with Gasteiger partial charge in [0, 0.05) is 11.5 Å². The van der Waals surface area contributed by atoms with Crippen LogP contribution in [0.3, 0.4) is 0 Å². The van der Waals surface area contributed by atoms with E-state index in [2.05, 4.69) is 10.0 Å². The maximum absolute atomic E-state index is 8.10. The minimum atomic E-state index is 0.469. The number of rotatable bonds is 4. The molecule has 0 saturated heterocycles. The van der Waals surface area contributed by atoms with Crippen molar-refractivity contribution >= 4 is 17.5 Å². The maximum atomic E-state index is 8.10. The minimum absolute atomic E-state index is 0.469. The van der Waals surface area contributed by atoms with Gasteiger partial charge in [-0.05, 0) is 42.1 Å². The summed E-state index contributed by atoms with van der Waals surface area (Å²) in [6.45, 7) is 2.44. The molecule has 0 aliphatic heterocycles. The van der Waals surface area contributed by atoms with Gasteiger partial charge in [0.25, 0.3) is 0 Å². The normalized spacial score (nSPS) is 10.3. The van der Waals surface area contributed by atoms with Gasteiger partial charge in [-0.3, -0.25) is 0 Å². The van der Waals surface area contributed by atoms with Gasteiger partial charge in [0.1, 0.15) is 0 Å². The quantitative estimate of drug-likeness (QED) is 0.266. The highest BCUT2D eigenvalue weighted by molar-refractivity contribution is 5.70. The van der Waals surface area contributed by atoms with E-state index in [1.807, 2.05) is 31.2 Å². The van der Waals surface area contributed by atoms with Gasteiger partial charge in [-0.1, -0.05) is 17.3 Å². The van der Waals surface area contributed by atoms with Gasteiger partial charge in [-0.25, -0.2) is 0 Å². The Morgan fingerprint density at radius 1 is 1.38 bits per heavy atom. The molecule has 0 radical (unpaired) electrons. The molecule has 0 spiro atoms. The maximum Gasteiger partial charge on any atom is 0.0553 e. The van der Waals surface area contributed by atoms with Crippen LogP contribution < -0.4 is 11.5 Å². The van der Waals surface area contributed by atoms with Gasteiger partial charge in [0.15, 0.2) is 0 Å². The zero-order chi connectivity index (χ0) is 12.0.